The second-order valence-corrected chi connectivity index (χ2v) is 5.93. The lowest BCUT2D eigenvalue weighted by Crippen LogP contribution is -2.07. The molecule has 0 radical (unpaired) electrons. The molecule has 0 aromatic heterocycles. The molecule has 2 rings (SSSR count). The lowest BCUT2D eigenvalue weighted by molar-refractivity contribution is 0.516. The fourth-order valence-electron chi connectivity index (χ4n) is 2.27. The minimum absolute atomic E-state index is 0.865. The van der Waals surface area contributed by atoms with E-state index in [-0.39, 0.29) is 0 Å². The van der Waals surface area contributed by atoms with Crippen LogP contribution in [-0.2, 0) is 6.54 Å². The van der Waals surface area contributed by atoms with Crippen LogP contribution in [0, 0.1) is 0 Å². The predicted octanol–water partition coefficient (Wildman–Crippen LogP) is 3.83. The van der Waals surface area contributed by atoms with E-state index < -0.39 is 0 Å². The Bertz CT molecular complexity index is 301. The Balaban J connectivity index is 1.88. The lowest BCUT2D eigenvalue weighted by atomic mass is 10.0. The van der Waals surface area contributed by atoms with Gasteiger partial charge in [0.2, 0.25) is 0 Å². The van der Waals surface area contributed by atoms with E-state index in [1.807, 2.05) is 7.05 Å². The molecule has 0 unspecified atom stereocenters. The Hall–Kier alpha value is -0.470. The van der Waals surface area contributed by atoms with E-state index in [1.54, 1.807) is 0 Å². The van der Waals surface area contributed by atoms with Gasteiger partial charge in [0.25, 0.3) is 0 Å². The molecule has 1 aliphatic rings. The fraction of sp³-hybridized carbons (Fsp3) is 0.571. The molecule has 0 heterocycles. The monoisotopic (exact) mass is 235 g/mol. The van der Waals surface area contributed by atoms with Crippen LogP contribution in [0.15, 0.2) is 29.2 Å². The zero-order chi connectivity index (χ0) is 11.2. The third-order valence-corrected chi connectivity index (χ3v) is 4.51. The molecular formula is C14H21NS. The molecule has 0 saturated heterocycles. The Kier molecular flexibility index (Phi) is 4.73. The van der Waals surface area contributed by atoms with Crippen molar-refractivity contribution in [2.24, 2.45) is 0 Å². The molecule has 1 fully saturated rings. The van der Waals surface area contributed by atoms with Crippen molar-refractivity contribution in [3.8, 4) is 0 Å². The number of hydrogen-bond acceptors (Lipinski definition) is 2. The van der Waals surface area contributed by atoms with Crippen LogP contribution < -0.4 is 5.32 Å². The molecule has 88 valence electrons. The topological polar surface area (TPSA) is 12.0 Å². The second kappa shape index (κ2) is 6.31. The van der Waals surface area contributed by atoms with E-state index in [0.29, 0.717) is 0 Å². The van der Waals surface area contributed by atoms with Gasteiger partial charge in [-0.2, -0.15) is 0 Å². The van der Waals surface area contributed by atoms with Crippen molar-refractivity contribution < 1.29 is 0 Å². The van der Waals surface area contributed by atoms with Gasteiger partial charge >= 0.3 is 0 Å². The second-order valence-electron chi connectivity index (χ2n) is 4.55. The van der Waals surface area contributed by atoms with E-state index in [0.717, 1.165) is 11.8 Å². The highest BCUT2D eigenvalue weighted by molar-refractivity contribution is 8.00. The maximum atomic E-state index is 3.18. The van der Waals surface area contributed by atoms with Gasteiger partial charge in [-0.15, -0.1) is 11.8 Å². The molecule has 1 aromatic carbocycles. The first-order valence-electron chi connectivity index (χ1n) is 6.28. The predicted molar refractivity (Wildman–Crippen MR) is 71.9 cm³/mol. The van der Waals surface area contributed by atoms with Crippen molar-refractivity contribution in [2.75, 3.05) is 7.05 Å². The van der Waals surface area contributed by atoms with Gasteiger partial charge in [-0.1, -0.05) is 31.4 Å². The van der Waals surface area contributed by atoms with Crippen molar-refractivity contribution in [1.29, 1.82) is 0 Å². The van der Waals surface area contributed by atoms with Crippen LogP contribution >= 0.6 is 11.8 Å². The Morgan fingerprint density at radius 2 is 1.81 bits per heavy atom. The summed E-state index contributed by atoms with van der Waals surface area (Å²) in [5.74, 6) is 0. The fourth-order valence-corrected chi connectivity index (χ4v) is 3.51. The van der Waals surface area contributed by atoms with Gasteiger partial charge in [-0.25, -0.2) is 0 Å². The quantitative estimate of drug-likeness (QED) is 0.851. The number of rotatable bonds is 4. The van der Waals surface area contributed by atoms with Crippen LogP contribution in [0.5, 0.6) is 0 Å². The van der Waals surface area contributed by atoms with E-state index in [1.165, 1.54) is 42.6 Å². The number of benzene rings is 1. The minimum atomic E-state index is 0.865. The molecule has 1 saturated carbocycles. The summed E-state index contributed by atoms with van der Waals surface area (Å²) in [6, 6.07) is 9.02. The Labute approximate surface area is 103 Å². The maximum Gasteiger partial charge on any atom is 0.0202 e. The summed E-state index contributed by atoms with van der Waals surface area (Å²) in [6.45, 7) is 0.967. The standard InChI is InChI=1S/C14H21NS/c1-15-11-12-7-9-14(10-8-12)16-13-5-3-2-4-6-13/h7-10,13,15H,2-6,11H2,1H3. The molecule has 2 heteroatoms. The van der Waals surface area contributed by atoms with Gasteiger partial charge in [0.05, 0.1) is 0 Å². The first kappa shape index (κ1) is 12.0. The molecule has 0 bridgehead atoms. The summed E-state index contributed by atoms with van der Waals surface area (Å²) in [5.41, 5.74) is 1.37. The summed E-state index contributed by atoms with van der Waals surface area (Å²) < 4.78 is 0. The van der Waals surface area contributed by atoms with E-state index in [4.69, 9.17) is 0 Å². The molecule has 0 amide bonds. The third kappa shape index (κ3) is 3.53. The molecule has 16 heavy (non-hydrogen) atoms. The van der Waals surface area contributed by atoms with Gasteiger partial charge < -0.3 is 5.32 Å². The molecular weight excluding hydrogens is 214 g/mol. The van der Waals surface area contributed by atoms with Crippen LogP contribution in [0.25, 0.3) is 0 Å². The number of thioether (sulfide) groups is 1. The average Bonchev–Trinajstić information content (AvgIpc) is 2.33. The van der Waals surface area contributed by atoms with E-state index >= 15 is 0 Å². The Morgan fingerprint density at radius 1 is 1.12 bits per heavy atom. The maximum absolute atomic E-state index is 3.18. The zero-order valence-electron chi connectivity index (χ0n) is 10.0. The van der Waals surface area contributed by atoms with E-state index in [2.05, 4.69) is 41.3 Å². The average molecular weight is 235 g/mol. The highest BCUT2D eigenvalue weighted by Gasteiger charge is 2.14. The van der Waals surface area contributed by atoms with Crippen LogP contribution in [0.3, 0.4) is 0 Å². The summed E-state index contributed by atoms with van der Waals surface area (Å²) in [6.07, 6.45) is 7.11. The van der Waals surface area contributed by atoms with E-state index in [9.17, 15) is 0 Å². The molecule has 1 aromatic rings. The largest absolute Gasteiger partial charge is 0.316 e. The molecule has 0 spiro atoms. The summed E-state index contributed by atoms with van der Waals surface area (Å²) >= 11 is 2.07. The Morgan fingerprint density at radius 3 is 2.44 bits per heavy atom. The summed E-state index contributed by atoms with van der Waals surface area (Å²) in [7, 11) is 1.99. The zero-order valence-corrected chi connectivity index (χ0v) is 10.9. The minimum Gasteiger partial charge on any atom is -0.316 e. The molecule has 0 aliphatic heterocycles. The first-order chi connectivity index (χ1) is 7.88. The third-order valence-electron chi connectivity index (χ3n) is 3.16. The van der Waals surface area contributed by atoms with Gasteiger partial charge in [-0.05, 0) is 37.6 Å². The van der Waals surface area contributed by atoms with Crippen molar-refractivity contribution in [2.45, 2.75) is 48.8 Å². The van der Waals surface area contributed by atoms with Gasteiger partial charge in [-0.3, -0.25) is 0 Å². The van der Waals surface area contributed by atoms with Crippen molar-refractivity contribution in [3.05, 3.63) is 29.8 Å². The SMILES string of the molecule is CNCc1ccc(SC2CCCCC2)cc1. The molecule has 1 N–H and O–H groups in total. The molecule has 1 nitrogen and oxygen atoms in total. The van der Waals surface area contributed by atoms with Crippen LogP contribution in [0.4, 0.5) is 0 Å². The van der Waals surface area contributed by atoms with Crippen molar-refractivity contribution in [3.63, 3.8) is 0 Å². The first-order valence-corrected chi connectivity index (χ1v) is 7.16. The highest BCUT2D eigenvalue weighted by atomic mass is 32.2. The molecule has 0 atom stereocenters. The lowest BCUT2D eigenvalue weighted by Gasteiger charge is -2.20. The number of nitrogens with one attached hydrogen (secondary N) is 1. The van der Waals surface area contributed by atoms with Crippen molar-refractivity contribution >= 4 is 11.8 Å². The van der Waals surface area contributed by atoms with Crippen LogP contribution in [0.2, 0.25) is 0 Å². The van der Waals surface area contributed by atoms with Crippen molar-refractivity contribution in [1.82, 2.24) is 5.32 Å². The summed E-state index contributed by atoms with van der Waals surface area (Å²) in [4.78, 5) is 1.44. The number of hydrogen-bond donors (Lipinski definition) is 1. The molecule has 1 aliphatic carbocycles. The van der Waals surface area contributed by atoms with Crippen LogP contribution in [-0.4, -0.2) is 12.3 Å². The van der Waals surface area contributed by atoms with Gasteiger partial charge in [0.1, 0.15) is 0 Å². The summed E-state index contributed by atoms with van der Waals surface area (Å²) in [5, 5.41) is 4.04. The van der Waals surface area contributed by atoms with Gasteiger partial charge in [0, 0.05) is 16.7 Å². The smallest absolute Gasteiger partial charge is 0.0202 e. The normalized spacial score (nSPS) is 17.6. The van der Waals surface area contributed by atoms with Gasteiger partial charge in [0.15, 0.2) is 0 Å². The van der Waals surface area contributed by atoms with Crippen LogP contribution in [0.1, 0.15) is 37.7 Å². The highest BCUT2D eigenvalue weighted by Crippen LogP contribution is 2.33.